The number of allylic oxidation sites excluding steroid dienone is 3. The molecule has 1 rings (SSSR count). The third-order valence-corrected chi connectivity index (χ3v) is 10.5. The summed E-state index contributed by atoms with van der Waals surface area (Å²) < 4.78 is 22.7. The Balaban J connectivity index is 2.69. The Morgan fingerprint density at radius 1 is 0.673 bits per heavy atom. The Hall–Kier alpha value is -1.22. The van der Waals surface area contributed by atoms with Crippen LogP contribution in [0.4, 0.5) is 0 Å². The van der Waals surface area contributed by atoms with Gasteiger partial charge >= 0.3 is 7.82 Å². The summed E-state index contributed by atoms with van der Waals surface area (Å²) in [5, 5.41) is 74.0. The first-order chi connectivity index (χ1) is 24.8. The zero-order valence-electron chi connectivity index (χ0n) is 31.7. The van der Waals surface area contributed by atoms with Crippen LogP contribution in [0.2, 0.25) is 0 Å². The second-order valence-electron chi connectivity index (χ2n) is 14.3. The molecule has 0 spiro atoms. The molecule has 52 heavy (non-hydrogen) atoms. The number of aliphatic hydroxyl groups excluding tert-OH is 7. The molecule has 9 N–H and O–H groups in total. The Bertz CT molecular complexity index is 1000. The average molecular weight is 766 g/mol. The van der Waals surface area contributed by atoms with E-state index in [2.05, 4.69) is 31.3 Å². The van der Waals surface area contributed by atoms with Gasteiger partial charge in [-0.15, -0.1) is 0 Å². The van der Waals surface area contributed by atoms with Crippen LogP contribution in [0.5, 0.6) is 0 Å². The van der Waals surface area contributed by atoms with Crippen molar-refractivity contribution >= 4 is 13.7 Å². The van der Waals surface area contributed by atoms with Crippen molar-refractivity contribution in [3.05, 3.63) is 24.3 Å². The predicted octanol–water partition coefficient (Wildman–Crippen LogP) is 4.86. The van der Waals surface area contributed by atoms with Crippen LogP contribution < -0.4 is 5.32 Å². The van der Waals surface area contributed by atoms with Crippen LogP contribution in [0, 0.1) is 0 Å². The molecule has 0 aromatic rings. The first-order valence-electron chi connectivity index (χ1n) is 19.9. The zero-order chi connectivity index (χ0) is 38.8. The standard InChI is InChI=1S/C38H72NO12P/c1-3-5-7-9-11-13-14-15-16-18-20-22-24-26-31(41)30(39-32(42)27-29(40)25-23-21-19-17-12-10-8-6-4-2)28-50-52(48,49)51-38-36(46)34(44)33(43)35(45)37(38)47/h16,18,24,26,29-31,33-38,40-41,43-47H,3-15,17,19-23,25,27-28H2,1-2H3,(H,39,42)(H,48,49)/b18-16+,26-24+. The van der Waals surface area contributed by atoms with Crippen molar-refractivity contribution in [2.24, 2.45) is 0 Å². The Morgan fingerprint density at radius 3 is 1.69 bits per heavy atom. The fourth-order valence-electron chi connectivity index (χ4n) is 6.20. The van der Waals surface area contributed by atoms with Gasteiger partial charge in [0.05, 0.1) is 31.3 Å². The van der Waals surface area contributed by atoms with Gasteiger partial charge in [0.2, 0.25) is 5.91 Å². The molecule has 0 aromatic carbocycles. The molecule has 1 aliphatic rings. The second-order valence-corrected chi connectivity index (χ2v) is 15.7. The molecule has 1 aliphatic carbocycles. The lowest BCUT2D eigenvalue weighted by atomic mass is 9.85. The lowest BCUT2D eigenvalue weighted by Crippen LogP contribution is -2.64. The highest BCUT2D eigenvalue weighted by molar-refractivity contribution is 7.47. The molecule has 0 aliphatic heterocycles. The molecule has 1 saturated carbocycles. The molecule has 13 nitrogen and oxygen atoms in total. The number of hydrogen-bond acceptors (Lipinski definition) is 11. The molecule has 0 aromatic heterocycles. The van der Waals surface area contributed by atoms with Crippen LogP contribution in [-0.4, -0.2) is 108 Å². The molecule has 14 heteroatoms. The van der Waals surface area contributed by atoms with E-state index < -0.39 is 75.2 Å². The maximum atomic E-state index is 12.9. The summed E-state index contributed by atoms with van der Waals surface area (Å²) in [4.78, 5) is 23.2. The number of phosphoric acid groups is 1. The van der Waals surface area contributed by atoms with E-state index in [1.165, 1.54) is 76.7 Å². The van der Waals surface area contributed by atoms with E-state index in [0.29, 0.717) is 12.8 Å². The smallest absolute Gasteiger partial charge is 0.393 e. The average Bonchev–Trinajstić information content (AvgIpc) is 3.11. The number of aliphatic hydroxyl groups is 7. The van der Waals surface area contributed by atoms with Crippen molar-refractivity contribution in [1.29, 1.82) is 0 Å². The maximum Gasteiger partial charge on any atom is 0.472 e. The van der Waals surface area contributed by atoms with Crippen LogP contribution in [0.15, 0.2) is 24.3 Å². The number of rotatable bonds is 31. The highest BCUT2D eigenvalue weighted by Gasteiger charge is 2.51. The van der Waals surface area contributed by atoms with Crippen molar-refractivity contribution in [2.45, 2.75) is 204 Å². The molecule has 0 heterocycles. The van der Waals surface area contributed by atoms with E-state index in [9.17, 15) is 50.0 Å². The van der Waals surface area contributed by atoms with E-state index in [-0.39, 0.29) is 6.42 Å². The normalized spacial score (nSPS) is 25.3. The summed E-state index contributed by atoms with van der Waals surface area (Å²) in [6.07, 6.45) is 14.4. The summed E-state index contributed by atoms with van der Waals surface area (Å²) in [5.41, 5.74) is 0. The zero-order valence-corrected chi connectivity index (χ0v) is 32.6. The highest BCUT2D eigenvalue weighted by Crippen LogP contribution is 2.47. The Labute approximate surface area is 312 Å². The number of amides is 1. The predicted molar refractivity (Wildman–Crippen MR) is 201 cm³/mol. The van der Waals surface area contributed by atoms with Gasteiger partial charge in [0, 0.05) is 0 Å². The third kappa shape index (κ3) is 21.6. The SMILES string of the molecule is CCCCCCCCC/C=C/CC/C=C/C(O)C(COP(=O)(O)OC1C(O)C(O)C(O)C(O)C1O)NC(=O)CC(O)CCCCCCCCCCC. The number of nitrogens with one attached hydrogen (secondary N) is 1. The molecule has 1 amide bonds. The van der Waals surface area contributed by atoms with Crippen molar-refractivity contribution in [3.8, 4) is 0 Å². The van der Waals surface area contributed by atoms with Crippen LogP contribution in [0.1, 0.15) is 149 Å². The van der Waals surface area contributed by atoms with Gasteiger partial charge < -0.3 is 46.0 Å². The molecule has 0 saturated heterocycles. The molecule has 1 fully saturated rings. The van der Waals surface area contributed by atoms with Crippen LogP contribution in [0.25, 0.3) is 0 Å². The number of unbranched alkanes of at least 4 members (excludes halogenated alkanes) is 16. The lowest BCUT2D eigenvalue weighted by Gasteiger charge is -2.41. The van der Waals surface area contributed by atoms with Gasteiger partial charge in [0.25, 0.3) is 0 Å². The summed E-state index contributed by atoms with van der Waals surface area (Å²) in [6.45, 7) is 3.65. The monoisotopic (exact) mass is 765 g/mol. The van der Waals surface area contributed by atoms with Gasteiger partial charge in [-0.2, -0.15) is 0 Å². The molecule has 8 unspecified atom stereocenters. The Morgan fingerprint density at radius 2 is 1.13 bits per heavy atom. The minimum atomic E-state index is -5.13. The van der Waals surface area contributed by atoms with Gasteiger partial charge in [-0.25, -0.2) is 4.57 Å². The van der Waals surface area contributed by atoms with Gasteiger partial charge in [-0.1, -0.05) is 134 Å². The number of hydrogen-bond donors (Lipinski definition) is 9. The minimum absolute atomic E-state index is 0.251. The molecular weight excluding hydrogens is 693 g/mol. The van der Waals surface area contributed by atoms with Crippen LogP contribution >= 0.6 is 7.82 Å². The maximum absolute atomic E-state index is 12.9. The van der Waals surface area contributed by atoms with Gasteiger partial charge in [0.15, 0.2) is 0 Å². The van der Waals surface area contributed by atoms with Crippen molar-refractivity contribution in [3.63, 3.8) is 0 Å². The fourth-order valence-corrected chi connectivity index (χ4v) is 7.16. The second kappa shape index (κ2) is 29.1. The van der Waals surface area contributed by atoms with Crippen LogP contribution in [0.3, 0.4) is 0 Å². The number of carbonyl (C=O) groups excluding carboxylic acids is 1. The lowest BCUT2D eigenvalue weighted by molar-refractivity contribution is -0.220. The van der Waals surface area contributed by atoms with Crippen molar-refractivity contribution in [2.75, 3.05) is 6.61 Å². The molecule has 306 valence electrons. The summed E-state index contributed by atoms with van der Waals surface area (Å²) >= 11 is 0. The van der Waals surface area contributed by atoms with Crippen LogP contribution in [-0.2, 0) is 18.4 Å². The first kappa shape index (κ1) is 48.8. The Kier molecular flexibility index (Phi) is 27.3. The molecule has 0 radical (unpaired) electrons. The van der Waals surface area contributed by atoms with Gasteiger partial charge in [-0.3, -0.25) is 13.8 Å². The van der Waals surface area contributed by atoms with E-state index in [1.807, 2.05) is 0 Å². The van der Waals surface area contributed by atoms with E-state index in [0.717, 1.165) is 44.9 Å². The van der Waals surface area contributed by atoms with Gasteiger partial charge in [-0.05, 0) is 32.1 Å². The summed E-state index contributed by atoms with van der Waals surface area (Å²) in [5.74, 6) is -0.607. The largest absolute Gasteiger partial charge is 0.472 e. The van der Waals surface area contributed by atoms with Gasteiger partial charge in [0.1, 0.15) is 36.6 Å². The summed E-state index contributed by atoms with van der Waals surface area (Å²) in [7, 11) is -5.13. The minimum Gasteiger partial charge on any atom is -0.393 e. The molecule has 0 bridgehead atoms. The van der Waals surface area contributed by atoms with Crippen molar-refractivity contribution in [1.82, 2.24) is 5.32 Å². The highest BCUT2D eigenvalue weighted by atomic mass is 31.2. The molecule has 8 atom stereocenters. The van der Waals surface area contributed by atoms with E-state index >= 15 is 0 Å². The first-order valence-corrected chi connectivity index (χ1v) is 21.4. The van der Waals surface area contributed by atoms with Crippen molar-refractivity contribution < 1.29 is 59.0 Å². The summed E-state index contributed by atoms with van der Waals surface area (Å²) in [6, 6.07) is -1.25. The molecular formula is C38H72NO12P. The quantitative estimate of drug-likeness (QED) is 0.0262. The topological polar surface area (TPSA) is 226 Å². The number of phosphoric ester groups is 1. The number of carbonyl (C=O) groups is 1. The third-order valence-electron chi connectivity index (χ3n) is 9.54. The fraction of sp³-hybridized carbons (Fsp3) is 0.868. The van der Waals surface area contributed by atoms with E-state index in [4.69, 9.17) is 9.05 Å². The van der Waals surface area contributed by atoms with E-state index in [1.54, 1.807) is 6.08 Å².